The summed E-state index contributed by atoms with van der Waals surface area (Å²) in [7, 11) is 0. The van der Waals surface area contributed by atoms with Crippen LogP contribution in [0.5, 0.6) is 0 Å². The predicted molar refractivity (Wildman–Crippen MR) is 106 cm³/mol. The van der Waals surface area contributed by atoms with Crippen LogP contribution >= 0.6 is 0 Å². The summed E-state index contributed by atoms with van der Waals surface area (Å²) in [5.74, 6) is -6.44. The normalized spacial score (nSPS) is 35.2. The number of rotatable bonds is 7. The van der Waals surface area contributed by atoms with Gasteiger partial charge in [-0.05, 0) is 71.6 Å². The van der Waals surface area contributed by atoms with Crippen molar-refractivity contribution in [3.8, 4) is 0 Å². The van der Waals surface area contributed by atoms with E-state index in [1.54, 1.807) is 6.92 Å². The molecule has 1 N–H and O–H groups in total. The zero-order valence-electron chi connectivity index (χ0n) is 18.4. The third-order valence-corrected chi connectivity index (χ3v) is 6.78. The molecular weight excluding hydrogens is 382 g/mol. The lowest BCUT2D eigenvalue weighted by atomic mass is 9.77. The molecule has 0 aromatic rings. The highest BCUT2D eigenvalue weighted by molar-refractivity contribution is 5.87. The van der Waals surface area contributed by atoms with E-state index in [1.807, 2.05) is 13.8 Å². The fraction of sp³-hybridized carbons (Fsp3) is 0.864. The number of ether oxygens (including phenoxy) is 3. The van der Waals surface area contributed by atoms with Crippen molar-refractivity contribution >= 4 is 5.97 Å². The average Bonchev–Trinajstić information content (AvgIpc) is 2.84. The summed E-state index contributed by atoms with van der Waals surface area (Å²) in [6, 6.07) is 0. The minimum atomic E-state index is -3.54. The van der Waals surface area contributed by atoms with Gasteiger partial charge in [0.05, 0.1) is 12.2 Å². The van der Waals surface area contributed by atoms with E-state index in [4.69, 9.17) is 14.2 Å². The summed E-state index contributed by atoms with van der Waals surface area (Å²) in [6.45, 7) is 11.1. The predicted octanol–water partition coefficient (Wildman–Crippen LogP) is 4.76. The van der Waals surface area contributed by atoms with Gasteiger partial charge in [-0.15, -0.1) is 0 Å². The molecule has 2 aliphatic rings. The largest absolute Gasteiger partial charge is 0.459 e. The molecule has 0 radical (unpaired) electrons. The Kier molecular flexibility index (Phi) is 7.18. The first-order valence-electron chi connectivity index (χ1n) is 10.6. The summed E-state index contributed by atoms with van der Waals surface area (Å²) in [4.78, 5) is 11.9. The molecule has 4 atom stereocenters. The van der Waals surface area contributed by atoms with E-state index in [-0.39, 0.29) is 24.6 Å². The van der Waals surface area contributed by atoms with E-state index in [0.29, 0.717) is 31.3 Å². The molecule has 0 bridgehead atoms. The van der Waals surface area contributed by atoms with E-state index < -0.39 is 22.9 Å². The van der Waals surface area contributed by atoms with Gasteiger partial charge in [-0.3, -0.25) is 0 Å². The van der Waals surface area contributed by atoms with Crippen molar-refractivity contribution in [1.82, 2.24) is 0 Å². The minimum Gasteiger partial charge on any atom is -0.459 e. The molecule has 2 rings (SSSR count). The van der Waals surface area contributed by atoms with Gasteiger partial charge >= 0.3 is 11.9 Å². The third kappa shape index (κ3) is 4.52. The zero-order chi connectivity index (χ0) is 22.1. The lowest BCUT2D eigenvalue weighted by Crippen LogP contribution is -2.59. The number of aliphatic hydroxyl groups is 1. The summed E-state index contributed by atoms with van der Waals surface area (Å²) in [5, 5.41) is 10.0. The van der Waals surface area contributed by atoms with Crippen LogP contribution in [0.4, 0.5) is 8.78 Å². The van der Waals surface area contributed by atoms with Gasteiger partial charge in [-0.1, -0.05) is 20.4 Å². The van der Waals surface area contributed by atoms with Gasteiger partial charge in [-0.25, -0.2) is 4.79 Å². The van der Waals surface area contributed by atoms with Crippen molar-refractivity contribution < 1.29 is 32.9 Å². The number of alkyl halides is 2. The highest BCUT2D eigenvalue weighted by Gasteiger charge is 2.71. The topological polar surface area (TPSA) is 65.0 Å². The molecule has 0 amide bonds. The number of halogens is 2. The van der Waals surface area contributed by atoms with Crippen molar-refractivity contribution in [2.75, 3.05) is 6.61 Å². The second-order valence-electron chi connectivity index (χ2n) is 8.96. The van der Waals surface area contributed by atoms with Crippen molar-refractivity contribution in [2.24, 2.45) is 5.92 Å². The summed E-state index contributed by atoms with van der Waals surface area (Å²) in [6.07, 6.45) is 4.70. The molecule has 0 aromatic heterocycles. The molecule has 1 saturated heterocycles. The second kappa shape index (κ2) is 8.60. The van der Waals surface area contributed by atoms with Crippen LogP contribution in [0.1, 0.15) is 79.6 Å². The second-order valence-corrected chi connectivity index (χ2v) is 8.96. The number of carbonyl (C=O) groups excluding carboxylic acids is 1. The molecule has 1 heterocycles. The molecule has 0 spiro atoms. The van der Waals surface area contributed by atoms with E-state index in [1.165, 1.54) is 6.92 Å². The molecule has 1 aliphatic heterocycles. The molecule has 29 heavy (non-hydrogen) atoms. The fourth-order valence-corrected chi connectivity index (χ4v) is 4.71. The van der Waals surface area contributed by atoms with Crippen LogP contribution in [-0.2, 0) is 19.0 Å². The Hall–Kier alpha value is -1.05. The monoisotopic (exact) mass is 418 g/mol. The van der Waals surface area contributed by atoms with Crippen LogP contribution in [0.25, 0.3) is 0 Å². The molecule has 2 fully saturated rings. The first-order chi connectivity index (χ1) is 13.3. The average molecular weight is 419 g/mol. The van der Waals surface area contributed by atoms with Crippen LogP contribution < -0.4 is 0 Å². The molecule has 168 valence electrons. The first-order valence-corrected chi connectivity index (χ1v) is 10.6. The Balaban J connectivity index is 2.18. The van der Waals surface area contributed by atoms with Gasteiger partial charge in [0.15, 0.2) is 5.60 Å². The van der Waals surface area contributed by atoms with Crippen LogP contribution in [0, 0.1) is 5.92 Å². The maximum atomic E-state index is 14.9. The molecule has 1 saturated carbocycles. The van der Waals surface area contributed by atoms with E-state index in [9.17, 15) is 18.7 Å². The molecule has 5 nitrogen and oxygen atoms in total. The SMILES string of the molecule is C=C(C)C(=O)OC1CCCC(C(CC)(CC)OC2(C)COC(C)(O)C2(F)F)CC1. The zero-order valence-corrected chi connectivity index (χ0v) is 18.4. The number of carbonyl (C=O) groups is 1. The van der Waals surface area contributed by atoms with Gasteiger partial charge < -0.3 is 19.3 Å². The Morgan fingerprint density at radius 2 is 1.83 bits per heavy atom. The quantitative estimate of drug-likeness (QED) is 0.367. The van der Waals surface area contributed by atoms with Crippen LogP contribution in [0.3, 0.4) is 0 Å². The van der Waals surface area contributed by atoms with Crippen LogP contribution in [-0.4, -0.2) is 46.7 Å². The Morgan fingerprint density at radius 3 is 2.31 bits per heavy atom. The van der Waals surface area contributed by atoms with E-state index in [0.717, 1.165) is 26.2 Å². The summed E-state index contributed by atoms with van der Waals surface area (Å²) >= 11 is 0. The van der Waals surface area contributed by atoms with Gasteiger partial charge in [0.25, 0.3) is 0 Å². The highest BCUT2D eigenvalue weighted by Crippen LogP contribution is 2.52. The number of esters is 1. The standard InChI is InChI=1S/C22H36F2O5/c1-7-21(8-2,29-19(5)14-27-20(6,26)22(19,23)24)16-10-9-11-17(13-12-16)28-18(25)15(3)4/h16-17,26H,3,7-14H2,1-2,4-6H3. The van der Waals surface area contributed by atoms with E-state index >= 15 is 0 Å². The molecule has 7 heteroatoms. The Labute approximate surface area is 172 Å². The summed E-state index contributed by atoms with van der Waals surface area (Å²) < 4.78 is 46.6. The lowest BCUT2D eigenvalue weighted by Gasteiger charge is -2.46. The summed E-state index contributed by atoms with van der Waals surface area (Å²) in [5.41, 5.74) is -2.32. The third-order valence-electron chi connectivity index (χ3n) is 6.78. The maximum Gasteiger partial charge on any atom is 0.333 e. The van der Waals surface area contributed by atoms with Crippen molar-refractivity contribution in [1.29, 1.82) is 0 Å². The molecule has 1 aliphatic carbocycles. The lowest BCUT2D eigenvalue weighted by molar-refractivity contribution is -0.305. The molecular formula is C22H36F2O5. The van der Waals surface area contributed by atoms with Crippen molar-refractivity contribution in [3.05, 3.63) is 12.2 Å². The Morgan fingerprint density at radius 1 is 1.21 bits per heavy atom. The molecule has 0 aromatic carbocycles. The van der Waals surface area contributed by atoms with Crippen LogP contribution in [0.2, 0.25) is 0 Å². The van der Waals surface area contributed by atoms with Crippen LogP contribution in [0.15, 0.2) is 12.2 Å². The Bertz CT molecular complexity index is 614. The van der Waals surface area contributed by atoms with Crippen molar-refractivity contribution in [2.45, 2.75) is 109 Å². The minimum absolute atomic E-state index is 0.0456. The van der Waals surface area contributed by atoms with Gasteiger partial charge in [0, 0.05) is 5.57 Å². The first kappa shape index (κ1) is 24.2. The van der Waals surface area contributed by atoms with Gasteiger partial charge in [0.1, 0.15) is 6.10 Å². The van der Waals surface area contributed by atoms with Gasteiger partial charge in [0.2, 0.25) is 5.79 Å². The maximum absolute atomic E-state index is 14.9. The van der Waals surface area contributed by atoms with E-state index in [2.05, 4.69) is 6.58 Å². The van der Waals surface area contributed by atoms with Gasteiger partial charge in [-0.2, -0.15) is 8.78 Å². The number of hydrogen-bond donors (Lipinski definition) is 1. The fourth-order valence-electron chi connectivity index (χ4n) is 4.71. The highest BCUT2D eigenvalue weighted by atomic mass is 19.3. The van der Waals surface area contributed by atoms with Crippen molar-refractivity contribution in [3.63, 3.8) is 0 Å². The molecule has 4 unspecified atom stereocenters. The smallest absolute Gasteiger partial charge is 0.333 e. The number of hydrogen-bond acceptors (Lipinski definition) is 5.